The van der Waals surface area contributed by atoms with Crippen LogP contribution in [0.5, 0.6) is 5.75 Å². The lowest BCUT2D eigenvalue weighted by molar-refractivity contribution is -0.383. The van der Waals surface area contributed by atoms with Gasteiger partial charge in [0.1, 0.15) is 5.75 Å². The second-order valence-electron chi connectivity index (χ2n) is 7.94. The smallest absolute Gasteiger partial charge is 0.277 e. The Labute approximate surface area is 163 Å². The molecule has 1 spiro atoms. The van der Waals surface area contributed by atoms with Gasteiger partial charge >= 0.3 is 0 Å². The average molecular weight is 372 g/mol. The molecule has 0 N–H and O–H groups in total. The molecule has 2 heterocycles. The van der Waals surface area contributed by atoms with E-state index >= 15 is 0 Å². The van der Waals surface area contributed by atoms with Crippen LogP contribution in [0.15, 0.2) is 60.7 Å². The maximum absolute atomic E-state index is 11.4. The molecule has 140 valence electrons. The molecule has 0 aromatic heterocycles. The van der Waals surface area contributed by atoms with Crippen molar-refractivity contribution in [3.05, 3.63) is 81.9 Å². The summed E-state index contributed by atoms with van der Waals surface area (Å²) < 4.78 is 6.67. The van der Waals surface area contributed by atoms with E-state index in [1.165, 1.54) is 11.6 Å². The van der Waals surface area contributed by atoms with Crippen molar-refractivity contribution in [2.75, 3.05) is 11.9 Å². The number of fused-ring (bicyclic) bond motifs is 4. The molecule has 5 rings (SSSR count). The van der Waals surface area contributed by atoms with E-state index in [0.29, 0.717) is 5.39 Å². The molecule has 1 unspecified atom stereocenters. The topological polar surface area (TPSA) is 55.6 Å². The monoisotopic (exact) mass is 372 g/mol. The highest BCUT2D eigenvalue weighted by molar-refractivity contribution is 5.99. The molecule has 0 saturated carbocycles. The molecule has 28 heavy (non-hydrogen) atoms. The summed E-state index contributed by atoms with van der Waals surface area (Å²) in [7, 11) is 2.05. The van der Waals surface area contributed by atoms with E-state index in [4.69, 9.17) is 4.74 Å². The highest BCUT2D eigenvalue weighted by Gasteiger charge is 2.57. The second kappa shape index (κ2) is 5.35. The van der Waals surface area contributed by atoms with Crippen LogP contribution in [-0.2, 0) is 5.41 Å². The molecule has 0 aliphatic carbocycles. The third-order valence-corrected chi connectivity index (χ3v) is 6.31. The zero-order chi connectivity index (χ0) is 19.7. The standard InChI is InChI=1S/C23H20N2O3/c1-22(2)18-8-4-5-9-20(18)24(3)23(22)14-13-17-15-7-6-10-19(25(26)27)16(15)11-12-21(17)28-23/h4-14H,1-3H3. The van der Waals surface area contributed by atoms with Gasteiger partial charge in [0, 0.05) is 24.4 Å². The van der Waals surface area contributed by atoms with E-state index in [-0.39, 0.29) is 16.0 Å². The number of ether oxygens (including phenoxy) is 1. The molecule has 2 aliphatic rings. The highest BCUT2D eigenvalue weighted by atomic mass is 16.6. The zero-order valence-corrected chi connectivity index (χ0v) is 16.0. The minimum atomic E-state index is -0.655. The van der Waals surface area contributed by atoms with Crippen LogP contribution in [0, 0.1) is 10.1 Å². The summed E-state index contributed by atoms with van der Waals surface area (Å²) >= 11 is 0. The second-order valence-corrected chi connectivity index (χ2v) is 7.94. The minimum absolute atomic E-state index is 0.111. The van der Waals surface area contributed by atoms with Crippen molar-refractivity contribution in [3.63, 3.8) is 0 Å². The molecular formula is C23H20N2O3. The fourth-order valence-electron chi connectivity index (χ4n) is 4.76. The van der Waals surface area contributed by atoms with Crippen molar-refractivity contribution in [3.8, 4) is 5.75 Å². The number of hydrogen-bond donors (Lipinski definition) is 0. The third kappa shape index (κ3) is 1.91. The van der Waals surface area contributed by atoms with Crippen LogP contribution in [0.3, 0.4) is 0 Å². The Morgan fingerprint density at radius 1 is 1.00 bits per heavy atom. The van der Waals surface area contributed by atoms with Crippen molar-refractivity contribution in [2.45, 2.75) is 25.0 Å². The first-order chi connectivity index (χ1) is 13.4. The van der Waals surface area contributed by atoms with E-state index in [1.807, 2.05) is 18.2 Å². The van der Waals surface area contributed by atoms with Gasteiger partial charge in [0.05, 0.1) is 15.7 Å². The largest absolute Gasteiger partial charge is 0.463 e. The van der Waals surface area contributed by atoms with Gasteiger partial charge in [-0.25, -0.2) is 0 Å². The van der Waals surface area contributed by atoms with Gasteiger partial charge in [0.15, 0.2) is 0 Å². The Morgan fingerprint density at radius 2 is 1.79 bits per heavy atom. The highest BCUT2D eigenvalue weighted by Crippen LogP contribution is 2.54. The fourth-order valence-corrected chi connectivity index (χ4v) is 4.76. The summed E-state index contributed by atoms with van der Waals surface area (Å²) in [6.07, 6.45) is 4.14. The van der Waals surface area contributed by atoms with E-state index in [2.05, 4.69) is 56.1 Å². The number of nitro benzene ring substituents is 1. The number of rotatable bonds is 1. The summed E-state index contributed by atoms with van der Waals surface area (Å²) in [5.74, 6) is 0.739. The normalized spacial score (nSPS) is 21.5. The first-order valence-corrected chi connectivity index (χ1v) is 9.28. The Bertz CT molecular complexity index is 1180. The number of nitro groups is 1. The van der Waals surface area contributed by atoms with Gasteiger partial charge in [-0.05, 0) is 55.1 Å². The molecule has 0 radical (unpaired) electrons. The maximum atomic E-state index is 11.4. The third-order valence-electron chi connectivity index (χ3n) is 6.31. The van der Waals surface area contributed by atoms with Gasteiger partial charge in [-0.2, -0.15) is 0 Å². The molecule has 5 heteroatoms. The van der Waals surface area contributed by atoms with Crippen LogP contribution < -0.4 is 9.64 Å². The number of anilines is 1. The maximum Gasteiger partial charge on any atom is 0.277 e. The van der Waals surface area contributed by atoms with Gasteiger partial charge in [0.25, 0.3) is 5.69 Å². The van der Waals surface area contributed by atoms with Crippen LogP contribution >= 0.6 is 0 Å². The van der Waals surface area contributed by atoms with E-state index in [1.54, 1.807) is 12.1 Å². The summed E-state index contributed by atoms with van der Waals surface area (Å²) in [5.41, 5.74) is 2.45. The van der Waals surface area contributed by atoms with Crippen LogP contribution in [-0.4, -0.2) is 17.7 Å². The molecule has 0 bridgehead atoms. The van der Waals surface area contributed by atoms with Crippen molar-refractivity contribution in [1.29, 1.82) is 0 Å². The van der Waals surface area contributed by atoms with Crippen LogP contribution in [0.25, 0.3) is 16.8 Å². The average Bonchev–Trinajstić information content (AvgIpc) is 2.86. The number of para-hydroxylation sites is 1. The van der Waals surface area contributed by atoms with Crippen LogP contribution in [0.1, 0.15) is 25.0 Å². The van der Waals surface area contributed by atoms with Gasteiger partial charge in [0.2, 0.25) is 5.72 Å². The Balaban J connectivity index is 1.70. The van der Waals surface area contributed by atoms with Gasteiger partial charge in [-0.15, -0.1) is 0 Å². The van der Waals surface area contributed by atoms with Crippen molar-refractivity contribution < 1.29 is 9.66 Å². The number of non-ortho nitro benzene ring substituents is 1. The summed E-state index contributed by atoms with van der Waals surface area (Å²) in [4.78, 5) is 13.2. The SMILES string of the molecule is CN1c2ccccc2C(C)(C)C12C=Cc1c(ccc3c([N+](=O)[O-])cccc13)O2. The summed E-state index contributed by atoms with van der Waals surface area (Å²) in [6.45, 7) is 4.38. The Hall–Kier alpha value is -3.34. The number of hydrogen-bond acceptors (Lipinski definition) is 4. The van der Waals surface area contributed by atoms with E-state index in [0.717, 1.165) is 22.4 Å². The van der Waals surface area contributed by atoms with Gasteiger partial charge < -0.3 is 9.64 Å². The molecular weight excluding hydrogens is 352 g/mol. The summed E-state index contributed by atoms with van der Waals surface area (Å²) in [5, 5.41) is 12.8. The van der Waals surface area contributed by atoms with Crippen molar-refractivity contribution in [1.82, 2.24) is 0 Å². The summed E-state index contributed by atoms with van der Waals surface area (Å²) in [6, 6.07) is 17.2. The Morgan fingerprint density at radius 3 is 2.54 bits per heavy atom. The fraction of sp³-hybridized carbons (Fsp3) is 0.217. The van der Waals surface area contributed by atoms with Gasteiger partial charge in [-0.1, -0.05) is 30.3 Å². The predicted octanol–water partition coefficient (Wildman–Crippen LogP) is 5.28. The minimum Gasteiger partial charge on any atom is -0.463 e. The quantitative estimate of drug-likeness (QED) is 0.431. The predicted molar refractivity (Wildman–Crippen MR) is 111 cm³/mol. The van der Waals surface area contributed by atoms with Gasteiger partial charge in [-0.3, -0.25) is 10.1 Å². The number of benzene rings is 3. The number of nitrogens with zero attached hydrogens (tertiary/aromatic N) is 2. The molecule has 3 aromatic rings. The van der Waals surface area contributed by atoms with E-state index < -0.39 is 5.72 Å². The molecule has 0 amide bonds. The number of likely N-dealkylation sites (N-methyl/N-ethyl adjacent to an activating group) is 1. The van der Waals surface area contributed by atoms with E-state index in [9.17, 15) is 10.1 Å². The van der Waals surface area contributed by atoms with Crippen molar-refractivity contribution in [2.24, 2.45) is 0 Å². The molecule has 1 atom stereocenters. The first-order valence-electron chi connectivity index (χ1n) is 9.28. The Kier molecular flexibility index (Phi) is 3.21. The molecule has 2 aliphatic heterocycles. The van der Waals surface area contributed by atoms with Crippen molar-refractivity contribution >= 4 is 28.2 Å². The lowest BCUT2D eigenvalue weighted by Gasteiger charge is -2.45. The van der Waals surface area contributed by atoms with Crippen LogP contribution in [0.4, 0.5) is 11.4 Å². The molecule has 0 saturated heterocycles. The lowest BCUT2D eigenvalue weighted by atomic mass is 9.76. The molecule has 0 fully saturated rings. The first kappa shape index (κ1) is 16.8. The molecule has 5 nitrogen and oxygen atoms in total. The zero-order valence-electron chi connectivity index (χ0n) is 16.0. The lowest BCUT2D eigenvalue weighted by Crippen LogP contribution is -2.58. The van der Waals surface area contributed by atoms with Crippen LogP contribution in [0.2, 0.25) is 0 Å². The molecule has 3 aromatic carbocycles.